The average Bonchev–Trinajstić information content (AvgIpc) is 2.82. The molecule has 0 bridgehead atoms. The van der Waals surface area contributed by atoms with Crippen LogP contribution in [0.3, 0.4) is 0 Å². The molecule has 10 heteroatoms. The van der Waals surface area contributed by atoms with Gasteiger partial charge in [0, 0.05) is 17.7 Å². The SMILES string of the molecule is CCC[C@@H](NNC(=O)c1ccc([N+](=O)[O-])cc1)P(=O)(Oc1ccccc1)Oc1ccccc1. The van der Waals surface area contributed by atoms with E-state index in [1.54, 1.807) is 48.5 Å². The van der Waals surface area contributed by atoms with Gasteiger partial charge in [-0.2, -0.15) is 0 Å². The van der Waals surface area contributed by atoms with E-state index >= 15 is 0 Å². The molecule has 3 aromatic carbocycles. The molecule has 0 aromatic heterocycles. The highest BCUT2D eigenvalue weighted by atomic mass is 31.2. The lowest BCUT2D eigenvalue weighted by Gasteiger charge is -2.28. The monoisotopic (exact) mass is 469 g/mol. The molecule has 0 unspecified atom stereocenters. The maximum atomic E-state index is 14.0. The first-order chi connectivity index (χ1) is 15.9. The van der Waals surface area contributed by atoms with Crippen molar-refractivity contribution in [2.24, 2.45) is 0 Å². The summed E-state index contributed by atoms with van der Waals surface area (Å²) >= 11 is 0. The third kappa shape index (κ3) is 6.65. The van der Waals surface area contributed by atoms with E-state index in [4.69, 9.17) is 9.05 Å². The number of rotatable bonds is 11. The van der Waals surface area contributed by atoms with Crippen molar-refractivity contribution in [2.45, 2.75) is 25.5 Å². The Labute approximate surface area is 191 Å². The van der Waals surface area contributed by atoms with Crippen LogP contribution in [-0.2, 0) is 4.57 Å². The molecule has 0 saturated carbocycles. The van der Waals surface area contributed by atoms with Crippen molar-refractivity contribution in [3.8, 4) is 11.5 Å². The van der Waals surface area contributed by atoms with Crippen molar-refractivity contribution in [1.82, 2.24) is 10.9 Å². The van der Waals surface area contributed by atoms with E-state index in [1.165, 1.54) is 24.3 Å². The molecule has 0 aliphatic rings. The highest BCUT2D eigenvalue weighted by Crippen LogP contribution is 2.53. The maximum Gasteiger partial charge on any atom is 0.449 e. The molecule has 1 amide bonds. The first-order valence-corrected chi connectivity index (χ1v) is 11.9. The molecular formula is C23H24N3O6P. The number of nitro benzene ring substituents is 1. The van der Waals surface area contributed by atoms with Gasteiger partial charge in [0.25, 0.3) is 11.6 Å². The third-order valence-electron chi connectivity index (χ3n) is 4.59. The van der Waals surface area contributed by atoms with Crippen LogP contribution in [0.15, 0.2) is 84.9 Å². The number of amides is 1. The molecule has 172 valence electrons. The summed E-state index contributed by atoms with van der Waals surface area (Å²) in [4.78, 5) is 22.8. The van der Waals surface area contributed by atoms with Crippen molar-refractivity contribution >= 4 is 19.2 Å². The van der Waals surface area contributed by atoms with E-state index in [0.29, 0.717) is 24.3 Å². The van der Waals surface area contributed by atoms with Gasteiger partial charge in [0.1, 0.15) is 11.5 Å². The predicted molar refractivity (Wildman–Crippen MR) is 124 cm³/mol. The Kier molecular flexibility index (Phi) is 8.18. The number of carbonyl (C=O) groups excluding carboxylic acids is 1. The second-order valence-electron chi connectivity index (χ2n) is 7.06. The fraction of sp³-hybridized carbons (Fsp3) is 0.174. The number of hydrogen-bond acceptors (Lipinski definition) is 7. The van der Waals surface area contributed by atoms with Crippen molar-refractivity contribution in [3.05, 3.63) is 101 Å². The summed E-state index contributed by atoms with van der Waals surface area (Å²) in [5, 5.41) is 10.8. The Balaban J connectivity index is 1.81. The second-order valence-corrected chi connectivity index (χ2v) is 9.12. The van der Waals surface area contributed by atoms with E-state index in [1.807, 2.05) is 19.1 Å². The van der Waals surface area contributed by atoms with Gasteiger partial charge in [0.15, 0.2) is 5.78 Å². The summed E-state index contributed by atoms with van der Waals surface area (Å²) in [5.41, 5.74) is 5.39. The Hall–Kier alpha value is -3.68. The van der Waals surface area contributed by atoms with Gasteiger partial charge in [-0.05, 0) is 42.8 Å². The van der Waals surface area contributed by atoms with Crippen LogP contribution in [0.4, 0.5) is 5.69 Å². The third-order valence-corrected chi connectivity index (χ3v) is 6.67. The summed E-state index contributed by atoms with van der Waals surface area (Å²) < 4.78 is 25.7. The number of para-hydroxylation sites is 2. The lowest BCUT2D eigenvalue weighted by atomic mass is 10.2. The van der Waals surface area contributed by atoms with Crippen LogP contribution in [0, 0.1) is 10.1 Å². The Bertz CT molecular complexity index is 1060. The molecule has 1 atom stereocenters. The summed E-state index contributed by atoms with van der Waals surface area (Å²) in [7, 11) is -3.87. The highest BCUT2D eigenvalue weighted by Gasteiger charge is 2.39. The normalized spacial score (nSPS) is 11.9. The molecule has 0 heterocycles. The first-order valence-electron chi connectivity index (χ1n) is 10.3. The minimum Gasteiger partial charge on any atom is -0.415 e. The Morgan fingerprint density at radius 2 is 1.45 bits per heavy atom. The van der Waals surface area contributed by atoms with Gasteiger partial charge in [0.2, 0.25) is 0 Å². The van der Waals surface area contributed by atoms with E-state index in [-0.39, 0.29) is 11.3 Å². The minimum absolute atomic E-state index is 0.125. The van der Waals surface area contributed by atoms with E-state index in [0.717, 1.165) is 0 Å². The van der Waals surface area contributed by atoms with E-state index in [9.17, 15) is 19.5 Å². The zero-order valence-electron chi connectivity index (χ0n) is 17.9. The van der Waals surface area contributed by atoms with Gasteiger partial charge in [-0.15, -0.1) is 0 Å². The first kappa shape index (κ1) is 24.0. The number of carbonyl (C=O) groups is 1. The zero-order chi connectivity index (χ0) is 23.7. The van der Waals surface area contributed by atoms with Crippen molar-refractivity contribution in [3.63, 3.8) is 0 Å². The van der Waals surface area contributed by atoms with Crippen molar-refractivity contribution < 1.29 is 23.3 Å². The molecule has 9 nitrogen and oxygen atoms in total. The van der Waals surface area contributed by atoms with Crippen molar-refractivity contribution in [1.29, 1.82) is 0 Å². The Morgan fingerprint density at radius 1 is 0.939 bits per heavy atom. The smallest absolute Gasteiger partial charge is 0.415 e. The quantitative estimate of drug-likeness (QED) is 0.222. The zero-order valence-corrected chi connectivity index (χ0v) is 18.8. The number of nitrogens with zero attached hydrogens (tertiary/aromatic N) is 1. The fourth-order valence-corrected chi connectivity index (χ4v) is 4.86. The van der Waals surface area contributed by atoms with Crippen LogP contribution >= 0.6 is 7.60 Å². The molecule has 0 fully saturated rings. The van der Waals surface area contributed by atoms with Crippen LogP contribution in [0.25, 0.3) is 0 Å². The molecule has 3 rings (SSSR count). The number of benzene rings is 3. The second kappa shape index (κ2) is 11.3. The highest BCUT2D eigenvalue weighted by molar-refractivity contribution is 7.55. The minimum atomic E-state index is -3.87. The molecule has 2 N–H and O–H groups in total. The standard InChI is InChI=1S/C23H24N3O6P/c1-2-9-22(24-25-23(27)18-14-16-19(17-15-18)26(28)29)33(30,31-20-10-5-3-6-11-20)32-21-12-7-4-8-13-21/h3-8,10-17,22,24H,2,9H2,1H3,(H,25,27)/t22-/m0/s1. The summed E-state index contributed by atoms with van der Waals surface area (Å²) in [5.74, 6) is -0.690. The predicted octanol–water partition coefficient (Wildman–Crippen LogP) is 5.31. The van der Waals surface area contributed by atoms with E-state index < -0.39 is 24.2 Å². The van der Waals surface area contributed by atoms with Crippen molar-refractivity contribution in [2.75, 3.05) is 0 Å². The van der Waals surface area contributed by atoms with Gasteiger partial charge < -0.3 is 9.05 Å². The van der Waals surface area contributed by atoms with Gasteiger partial charge in [-0.25, -0.2) is 9.99 Å². The van der Waals surface area contributed by atoms with Crippen LogP contribution in [-0.4, -0.2) is 16.6 Å². The molecule has 0 aliphatic heterocycles. The number of hydrazine groups is 1. The molecule has 3 aromatic rings. The average molecular weight is 469 g/mol. The van der Waals surface area contributed by atoms with Gasteiger partial charge in [-0.1, -0.05) is 49.7 Å². The number of nitrogens with one attached hydrogen (secondary N) is 2. The van der Waals surface area contributed by atoms with E-state index in [2.05, 4.69) is 10.9 Å². The topological polar surface area (TPSA) is 120 Å². The molecular weight excluding hydrogens is 445 g/mol. The summed E-state index contributed by atoms with van der Waals surface area (Å²) in [6.45, 7) is 1.90. The molecule has 0 radical (unpaired) electrons. The van der Waals surface area contributed by atoms with Gasteiger partial charge in [0.05, 0.1) is 4.92 Å². The summed E-state index contributed by atoms with van der Waals surface area (Å²) in [6, 6.07) is 22.4. The number of hydrogen-bond donors (Lipinski definition) is 2. The van der Waals surface area contributed by atoms with Crippen LogP contribution in [0.5, 0.6) is 11.5 Å². The van der Waals surface area contributed by atoms with Gasteiger partial charge in [-0.3, -0.25) is 20.3 Å². The molecule has 0 spiro atoms. The molecule has 33 heavy (non-hydrogen) atoms. The van der Waals surface area contributed by atoms with Crippen LogP contribution in [0.1, 0.15) is 30.1 Å². The molecule has 0 saturated heterocycles. The number of nitro groups is 1. The molecule has 0 aliphatic carbocycles. The van der Waals surface area contributed by atoms with Gasteiger partial charge >= 0.3 is 7.60 Å². The fourth-order valence-electron chi connectivity index (χ4n) is 2.94. The van der Waals surface area contributed by atoms with Crippen LogP contribution < -0.4 is 19.9 Å². The lowest BCUT2D eigenvalue weighted by Crippen LogP contribution is -2.45. The van der Waals surface area contributed by atoms with Crippen LogP contribution in [0.2, 0.25) is 0 Å². The Morgan fingerprint density at radius 3 is 1.91 bits per heavy atom. The maximum absolute atomic E-state index is 14.0. The lowest BCUT2D eigenvalue weighted by molar-refractivity contribution is -0.384. The number of non-ortho nitro benzene ring substituents is 1. The largest absolute Gasteiger partial charge is 0.449 e. The summed E-state index contributed by atoms with van der Waals surface area (Å²) in [6.07, 6.45) is 1.00.